The fourth-order valence-corrected chi connectivity index (χ4v) is 3.57. The molecular weight excluding hydrogens is 404 g/mol. The van der Waals surface area contributed by atoms with Gasteiger partial charge < -0.3 is 14.2 Å². The first-order valence-electron chi connectivity index (χ1n) is 10.1. The zero-order valence-electron chi connectivity index (χ0n) is 18.5. The van der Waals surface area contributed by atoms with Crippen molar-refractivity contribution in [3.8, 4) is 17.2 Å². The highest BCUT2D eigenvalue weighted by Crippen LogP contribution is 2.32. The van der Waals surface area contributed by atoms with Gasteiger partial charge in [0.2, 0.25) is 0 Å². The van der Waals surface area contributed by atoms with Crippen LogP contribution in [0.3, 0.4) is 0 Å². The molecule has 0 aliphatic carbocycles. The second-order valence-electron chi connectivity index (χ2n) is 7.29. The van der Waals surface area contributed by atoms with Gasteiger partial charge in [0.1, 0.15) is 17.3 Å². The summed E-state index contributed by atoms with van der Waals surface area (Å²) < 4.78 is 15.9. The van der Waals surface area contributed by atoms with Gasteiger partial charge in [0.25, 0.3) is 5.91 Å². The highest BCUT2D eigenvalue weighted by atomic mass is 16.5. The average molecular weight is 428 g/mol. The van der Waals surface area contributed by atoms with Crippen LogP contribution in [0.4, 0.5) is 5.69 Å². The summed E-state index contributed by atoms with van der Waals surface area (Å²) in [7, 11) is 4.77. The number of aliphatic imine (C=N–C) groups is 1. The van der Waals surface area contributed by atoms with Gasteiger partial charge in [-0.2, -0.15) is 0 Å². The van der Waals surface area contributed by atoms with Crippen molar-refractivity contribution in [3.63, 3.8) is 0 Å². The largest absolute Gasteiger partial charge is 0.497 e. The van der Waals surface area contributed by atoms with E-state index in [2.05, 4.69) is 0 Å². The molecule has 0 fully saturated rings. The number of anilines is 1. The highest BCUT2D eigenvalue weighted by Gasteiger charge is 2.32. The molecule has 0 radical (unpaired) electrons. The number of amides is 1. The van der Waals surface area contributed by atoms with Crippen LogP contribution in [0.25, 0.3) is 6.08 Å². The molecule has 3 aromatic carbocycles. The van der Waals surface area contributed by atoms with Gasteiger partial charge >= 0.3 is 0 Å². The van der Waals surface area contributed by atoms with Gasteiger partial charge in [-0.25, -0.2) is 4.99 Å². The lowest BCUT2D eigenvalue weighted by Crippen LogP contribution is -2.32. The van der Waals surface area contributed by atoms with E-state index in [-0.39, 0.29) is 5.91 Å². The molecule has 6 heteroatoms. The van der Waals surface area contributed by atoms with Crippen LogP contribution in [0.1, 0.15) is 16.7 Å². The molecule has 0 spiro atoms. The van der Waals surface area contributed by atoms with Gasteiger partial charge in [-0.1, -0.05) is 29.8 Å². The number of aryl methyl sites for hydroxylation is 1. The van der Waals surface area contributed by atoms with Gasteiger partial charge in [0.05, 0.1) is 27.0 Å². The van der Waals surface area contributed by atoms with Gasteiger partial charge in [-0.15, -0.1) is 0 Å². The first-order chi connectivity index (χ1) is 15.5. The predicted octanol–water partition coefficient (Wildman–Crippen LogP) is 4.86. The molecular formula is C26H24N2O4. The molecule has 1 amide bonds. The first kappa shape index (κ1) is 21.2. The van der Waals surface area contributed by atoms with Crippen LogP contribution in [0, 0.1) is 6.92 Å². The topological polar surface area (TPSA) is 60.4 Å². The Bertz CT molecular complexity index is 1210. The number of hydrogen-bond donors (Lipinski definition) is 0. The number of carbonyl (C=O) groups excluding carboxylic acids is 1. The molecule has 6 nitrogen and oxygen atoms in total. The van der Waals surface area contributed by atoms with E-state index >= 15 is 0 Å². The van der Waals surface area contributed by atoms with Crippen molar-refractivity contribution in [2.24, 2.45) is 4.99 Å². The summed E-state index contributed by atoms with van der Waals surface area (Å²) in [4.78, 5) is 19.8. The monoisotopic (exact) mass is 428 g/mol. The third-order valence-corrected chi connectivity index (χ3v) is 5.18. The molecule has 3 aromatic rings. The number of amidine groups is 1. The van der Waals surface area contributed by atoms with Crippen LogP contribution in [0.5, 0.6) is 17.2 Å². The van der Waals surface area contributed by atoms with Crippen molar-refractivity contribution in [3.05, 3.63) is 89.1 Å². The van der Waals surface area contributed by atoms with Gasteiger partial charge in [0.15, 0.2) is 11.5 Å². The Morgan fingerprint density at radius 1 is 0.844 bits per heavy atom. The summed E-state index contributed by atoms with van der Waals surface area (Å²) >= 11 is 0. The molecule has 0 bridgehead atoms. The maximum Gasteiger partial charge on any atom is 0.282 e. The molecule has 0 saturated heterocycles. The summed E-state index contributed by atoms with van der Waals surface area (Å²) in [6.45, 7) is 2.01. The molecule has 162 valence electrons. The van der Waals surface area contributed by atoms with Gasteiger partial charge in [-0.3, -0.25) is 9.69 Å². The second-order valence-corrected chi connectivity index (χ2v) is 7.29. The first-order valence-corrected chi connectivity index (χ1v) is 10.1. The minimum absolute atomic E-state index is 0.207. The average Bonchev–Trinajstić information content (AvgIpc) is 3.14. The van der Waals surface area contributed by atoms with E-state index in [1.54, 1.807) is 38.4 Å². The lowest BCUT2D eigenvalue weighted by Gasteiger charge is -2.19. The Kier molecular flexibility index (Phi) is 5.94. The van der Waals surface area contributed by atoms with Crippen molar-refractivity contribution in [1.82, 2.24) is 0 Å². The number of rotatable bonds is 6. The van der Waals surface area contributed by atoms with Crippen LogP contribution < -0.4 is 19.1 Å². The summed E-state index contributed by atoms with van der Waals surface area (Å²) in [5.74, 6) is 2.30. The number of methoxy groups -OCH3 is 3. The summed E-state index contributed by atoms with van der Waals surface area (Å²) in [6.07, 6.45) is 1.75. The normalized spacial score (nSPS) is 14.5. The minimum atomic E-state index is -0.207. The van der Waals surface area contributed by atoms with E-state index < -0.39 is 0 Å². The molecule has 4 rings (SSSR count). The molecule has 0 aromatic heterocycles. The third kappa shape index (κ3) is 4.07. The van der Waals surface area contributed by atoms with Gasteiger partial charge in [-0.05, 0) is 61.0 Å². The van der Waals surface area contributed by atoms with E-state index in [1.165, 1.54) is 0 Å². The van der Waals surface area contributed by atoms with Crippen LogP contribution in [-0.2, 0) is 4.79 Å². The molecule has 0 saturated carbocycles. The Morgan fingerprint density at radius 2 is 1.59 bits per heavy atom. The maximum atomic E-state index is 13.5. The van der Waals surface area contributed by atoms with E-state index in [1.807, 2.05) is 67.6 Å². The number of carbonyl (C=O) groups is 1. The molecule has 1 aliphatic rings. The van der Waals surface area contributed by atoms with Crippen LogP contribution in [-0.4, -0.2) is 33.1 Å². The van der Waals surface area contributed by atoms with E-state index in [0.29, 0.717) is 28.7 Å². The minimum Gasteiger partial charge on any atom is -0.497 e. The fraction of sp³-hybridized carbons (Fsp3) is 0.154. The Labute approximate surface area is 187 Å². The van der Waals surface area contributed by atoms with Crippen molar-refractivity contribution >= 4 is 23.5 Å². The number of benzene rings is 3. The smallest absolute Gasteiger partial charge is 0.282 e. The van der Waals surface area contributed by atoms with E-state index in [0.717, 1.165) is 22.4 Å². The SMILES string of the molecule is COc1ccc(N2C(=O)/C(=C\c3ccc(OC)c(OC)c3)N=C2c2cccc(C)c2)cc1. The molecule has 0 N–H and O–H groups in total. The molecule has 1 aliphatic heterocycles. The zero-order chi connectivity index (χ0) is 22.7. The van der Waals surface area contributed by atoms with Crippen molar-refractivity contribution < 1.29 is 19.0 Å². The predicted molar refractivity (Wildman–Crippen MR) is 126 cm³/mol. The standard InChI is InChI=1S/C26H24N2O4/c1-17-6-5-7-19(14-17)25-27-22(15-18-8-13-23(31-3)24(16-18)32-4)26(29)28(25)20-9-11-21(30-2)12-10-20/h5-16H,1-4H3/b22-15+. The molecule has 1 heterocycles. The second kappa shape index (κ2) is 8.98. The Hall–Kier alpha value is -4.06. The van der Waals surface area contributed by atoms with E-state index in [9.17, 15) is 4.79 Å². The van der Waals surface area contributed by atoms with Crippen molar-refractivity contribution in [2.45, 2.75) is 6.92 Å². The summed E-state index contributed by atoms with van der Waals surface area (Å²) in [5, 5.41) is 0. The third-order valence-electron chi connectivity index (χ3n) is 5.18. The van der Waals surface area contributed by atoms with Crippen molar-refractivity contribution in [1.29, 1.82) is 0 Å². The summed E-state index contributed by atoms with van der Waals surface area (Å²) in [6, 6.07) is 20.8. The van der Waals surface area contributed by atoms with Crippen LogP contribution in [0.2, 0.25) is 0 Å². The maximum absolute atomic E-state index is 13.5. The number of ether oxygens (including phenoxy) is 3. The fourth-order valence-electron chi connectivity index (χ4n) is 3.57. The Balaban J connectivity index is 1.80. The summed E-state index contributed by atoms with van der Waals surface area (Å²) in [5.41, 5.74) is 3.79. The molecule has 0 unspecified atom stereocenters. The highest BCUT2D eigenvalue weighted by molar-refractivity contribution is 6.33. The van der Waals surface area contributed by atoms with Crippen LogP contribution >= 0.6 is 0 Å². The lowest BCUT2D eigenvalue weighted by molar-refractivity contribution is -0.113. The molecule has 32 heavy (non-hydrogen) atoms. The quantitative estimate of drug-likeness (QED) is 0.527. The zero-order valence-corrected chi connectivity index (χ0v) is 18.5. The van der Waals surface area contributed by atoms with Gasteiger partial charge in [0, 0.05) is 5.56 Å². The number of nitrogens with zero attached hydrogens (tertiary/aromatic N) is 2. The Morgan fingerprint density at radius 3 is 2.25 bits per heavy atom. The number of hydrogen-bond acceptors (Lipinski definition) is 5. The van der Waals surface area contributed by atoms with E-state index in [4.69, 9.17) is 19.2 Å². The lowest BCUT2D eigenvalue weighted by atomic mass is 10.1. The molecule has 0 atom stereocenters. The van der Waals surface area contributed by atoms with Crippen molar-refractivity contribution in [2.75, 3.05) is 26.2 Å². The van der Waals surface area contributed by atoms with Crippen LogP contribution in [0.15, 0.2) is 77.4 Å².